The predicted molar refractivity (Wildman–Crippen MR) is 139 cm³/mol. The van der Waals surface area contributed by atoms with Gasteiger partial charge in [-0.3, -0.25) is 10.1 Å². The van der Waals surface area contributed by atoms with Gasteiger partial charge in [0, 0.05) is 32.0 Å². The molecule has 1 N–H and O–H groups in total. The van der Waals surface area contributed by atoms with Gasteiger partial charge in [-0.15, -0.1) is 0 Å². The van der Waals surface area contributed by atoms with E-state index in [2.05, 4.69) is 33.9 Å². The molecule has 1 fully saturated rings. The van der Waals surface area contributed by atoms with Crippen LogP contribution in [0.3, 0.4) is 0 Å². The van der Waals surface area contributed by atoms with E-state index in [-0.39, 0.29) is 28.4 Å². The highest BCUT2D eigenvalue weighted by atomic mass is 28.4. The van der Waals surface area contributed by atoms with Gasteiger partial charge in [-0.05, 0) is 48.0 Å². The number of carboxylic acid groups (broad SMARTS) is 1. The Kier molecular flexibility index (Phi) is 8.62. The highest BCUT2D eigenvalue weighted by Gasteiger charge is 2.37. The number of benzene rings is 2. The van der Waals surface area contributed by atoms with Crippen molar-refractivity contribution in [2.45, 2.75) is 71.1 Å². The lowest BCUT2D eigenvalue weighted by Gasteiger charge is -2.36. The third kappa shape index (κ3) is 6.98. The number of amides is 1. The molecular formula is C26H36N2O7Si. The van der Waals surface area contributed by atoms with Crippen molar-refractivity contribution in [3.63, 3.8) is 0 Å². The van der Waals surface area contributed by atoms with E-state index in [1.54, 1.807) is 30.3 Å². The summed E-state index contributed by atoms with van der Waals surface area (Å²) >= 11 is 0. The van der Waals surface area contributed by atoms with Crippen molar-refractivity contribution < 1.29 is 28.7 Å². The molecule has 2 aromatic rings. The molecule has 0 radical (unpaired) electrons. The van der Waals surface area contributed by atoms with Gasteiger partial charge in [0.2, 0.25) is 0 Å². The van der Waals surface area contributed by atoms with Crippen LogP contribution in [0.5, 0.6) is 11.5 Å². The molecule has 0 aliphatic carbocycles. The number of piperidine rings is 1. The lowest BCUT2D eigenvalue weighted by Crippen LogP contribution is -2.41. The molecule has 2 aromatic carbocycles. The SMILES string of the molecule is CC(C)(C)[Si](C)(C)OCc1cccc([N+](=O)[O-])c1COc1ccc(OC2CCN(C(=O)O)CC2)cc1. The summed E-state index contributed by atoms with van der Waals surface area (Å²) in [4.78, 5) is 23.8. The molecule has 0 spiro atoms. The second-order valence-electron chi connectivity index (χ2n) is 10.6. The predicted octanol–water partition coefficient (Wildman–Crippen LogP) is 6.22. The van der Waals surface area contributed by atoms with E-state index in [9.17, 15) is 14.9 Å². The van der Waals surface area contributed by atoms with E-state index in [4.69, 9.17) is 19.0 Å². The van der Waals surface area contributed by atoms with Crippen molar-refractivity contribution in [1.82, 2.24) is 4.90 Å². The van der Waals surface area contributed by atoms with Gasteiger partial charge in [0.05, 0.1) is 17.1 Å². The van der Waals surface area contributed by atoms with E-state index in [1.807, 2.05) is 6.07 Å². The highest BCUT2D eigenvalue weighted by molar-refractivity contribution is 6.74. The van der Waals surface area contributed by atoms with Gasteiger partial charge in [-0.25, -0.2) is 4.79 Å². The molecule has 0 unspecified atom stereocenters. The summed E-state index contributed by atoms with van der Waals surface area (Å²) in [6.45, 7) is 12.0. The van der Waals surface area contributed by atoms with Crippen LogP contribution in [0.1, 0.15) is 44.7 Å². The average Bonchev–Trinajstić information content (AvgIpc) is 2.82. The van der Waals surface area contributed by atoms with E-state index in [1.165, 1.54) is 11.0 Å². The number of rotatable bonds is 9. The monoisotopic (exact) mass is 516 g/mol. The molecule has 1 amide bonds. The first-order valence-electron chi connectivity index (χ1n) is 12.1. The largest absolute Gasteiger partial charge is 0.490 e. The molecule has 196 valence electrons. The number of hydrogen-bond acceptors (Lipinski definition) is 6. The maximum absolute atomic E-state index is 11.7. The van der Waals surface area contributed by atoms with E-state index in [0.29, 0.717) is 49.6 Å². The number of ether oxygens (including phenoxy) is 2. The molecule has 36 heavy (non-hydrogen) atoms. The maximum Gasteiger partial charge on any atom is 0.407 e. The normalized spacial score (nSPS) is 15.0. The Labute approximate surface area is 213 Å². The van der Waals surface area contributed by atoms with Crippen LogP contribution in [0.4, 0.5) is 10.5 Å². The van der Waals surface area contributed by atoms with Crippen molar-refractivity contribution in [3.05, 3.63) is 63.7 Å². The third-order valence-electron chi connectivity index (χ3n) is 7.06. The van der Waals surface area contributed by atoms with Crippen LogP contribution in [-0.4, -0.2) is 48.5 Å². The van der Waals surface area contributed by atoms with Crippen molar-refractivity contribution in [2.75, 3.05) is 13.1 Å². The molecule has 1 heterocycles. The van der Waals surface area contributed by atoms with Gasteiger partial charge in [0.1, 0.15) is 24.2 Å². The molecule has 3 rings (SSSR count). The molecular weight excluding hydrogens is 480 g/mol. The molecule has 1 saturated heterocycles. The molecule has 1 aliphatic heterocycles. The number of nitro benzene ring substituents is 1. The number of nitro groups is 1. The quantitative estimate of drug-likeness (QED) is 0.239. The Morgan fingerprint density at radius 1 is 1.08 bits per heavy atom. The van der Waals surface area contributed by atoms with Gasteiger partial charge in [0.15, 0.2) is 8.32 Å². The molecule has 9 nitrogen and oxygen atoms in total. The molecule has 0 aromatic heterocycles. The number of likely N-dealkylation sites (tertiary alicyclic amines) is 1. The molecule has 0 bridgehead atoms. The second kappa shape index (κ2) is 11.3. The average molecular weight is 517 g/mol. The van der Waals surface area contributed by atoms with Gasteiger partial charge < -0.3 is 23.9 Å². The van der Waals surface area contributed by atoms with Crippen LogP contribution in [0.25, 0.3) is 0 Å². The third-order valence-corrected chi connectivity index (χ3v) is 11.5. The van der Waals surface area contributed by atoms with Crippen LogP contribution in [0.2, 0.25) is 18.1 Å². The summed E-state index contributed by atoms with van der Waals surface area (Å²) in [6, 6.07) is 12.1. The Morgan fingerprint density at radius 2 is 1.69 bits per heavy atom. The first-order chi connectivity index (χ1) is 16.9. The summed E-state index contributed by atoms with van der Waals surface area (Å²) < 4.78 is 18.2. The summed E-state index contributed by atoms with van der Waals surface area (Å²) in [5, 5.41) is 20.8. The van der Waals surface area contributed by atoms with E-state index < -0.39 is 14.4 Å². The molecule has 10 heteroatoms. The van der Waals surface area contributed by atoms with Gasteiger partial charge in [0.25, 0.3) is 5.69 Å². The second-order valence-corrected chi connectivity index (χ2v) is 15.4. The van der Waals surface area contributed by atoms with Crippen LogP contribution in [0, 0.1) is 10.1 Å². The minimum atomic E-state index is -2.03. The van der Waals surface area contributed by atoms with Gasteiger partial charge in [-0.1, -0.05) is 32.9 Å². The van der Waals surface area contributed by atoms with Crippen LogP contribution in [0.15, 0.2) is 42.5 Å². The Balaban J connectivity index is 1.64. The zero-order chi connectivity index (χ0) is 26.5. The Bertz CT molecular complexity index is 1060. The van der Waals surface area contributed by atoms with Gasteiger partial charge in [-0.2, -0.15) is 0 Å². The lowest BCUT2D eigenvalue weighted by molar-refractivity contribution is -0.385. The highest BCUT2D eigenvalue weighted by Crippen LogP contribution is 2.37. The zero-order valence-electron chi connectivity index (χ0n) is 21.7. The fourth-order valence-corrected chi connectivity index (χ4v) is 4.65. The number of carbonyl (C=O) groups is 1. The smallest absolute Gasteiger partial charge is 0.407 e. The van der Waals surface area contributed by atoms with Crippen LogP contribution < -0.4 is 9.47 Å². The van der Waals surface area contributed by atoms with Crippen molar-refractivity contribution >= 4 is 20.1 Å². The summed E-state index contributed by atoms with van der Waals surface area (Å²) in [5.74, 6) is 1.24. The Morgan fingerprint density at radius 3 is 2.25 bits per heavy atom. The standard InChI is InChI=1S/C26H36N2O7Si/c1-26(2,3)36(4,5)34-17-19-7-6-8-24(28(31)32)23(19)18-33-20-9-11-21(12-10-20)35-22-13-15-27(16-14-22)25(29)30/h6-12,22H,13-18H2,1-5H3,(H,29,30). The van der Waals surface area contributed by atoms with Crippen molar-refractivity contribution in [1.29, 1.82) is 0 Å². The topological polar surface area (TPSA) is 111 Å². The number of nitrogens with zero attached hydrogens (tertiary/aromatic N) is 2. The number of hydrogen-bond donors (Lipinski definition) is 1. The summed E-state index contributed by atoms with van der Waals surface area (Å²) in [5.41, 5.74) is 1.27. The molecule has 1 aliphatic rings. The maximum atomic E-state index is 11.7. The first kappa shape index (κ1) is 27.5. The molecule has 0 saturated carbocycles. The minimum absolute atomic E-state index is 0.0130. The Hall–Kier alpha value is -3.11. The summed E-state index contributed by atoms with van der Waals surface area (Å²) in [7, 11) is -2.03. The first-order valence-corrected chi connectivity index (χ1v) is 15.0. The zero-order valence-corrected chi connectivity index (χ0v) is 22.7. The van der Waals surface area contributed by atoms with Gasteiger partial charge >= 0.3 is 6.09 Å². The van der Waals surface area contributed by atoms with Crippen LogP contribution >= 0.6 is 0 Å². The van der Waals surface area contributed by atoms with E-state index in [0.717, 1.165) is 5.56 Å². The van der Waals surface area contributed by atoms with E-state index >= 15 is 0 Å². The fourth-order valence-electron chi connectivity index (χ4n) is 3.70. The minimum Gasteiger partial charge on any atom is -0.490 e. The van der Waals surface area contributed by atoms with Crippen molar-refractivity contribution in [2.24, 2.45) is 0 Å². The lowest BCUT2D eigenvalue weighted by atomic mass is 10.1. The van der Waals surface area contributed by atoms with Crippen molar-refractivity contribution in [3.8, 4) is 11.5 Å². The van der Waals surface area contributed by atoms with Crippen LogP contribution in [-0.2, 0) is 17.6 Å². The fraction of sp³-hybridized carbons (Fsp3) is 0.500. The summed E-state index contributed by atoms with van der Waals surface area (Å²) in [6.07, 6.45) is 0.343. The molecule has 0 atom stereocenters.